The van der Waals surface area contributed by atoms with Gasteiger partial charge in [0, 0.05) is 10.2 Å². The van der Waals surface area contributed by atoms with Crippen LogP contribution in [0.4, 0.5) is 0 Å². The molecule has 0 fully saturated rings. The fourth-order valence-corrected chi connectivity index (χ4v) is 8.42. The Labute approximate surface area is 202 Å². The first-order valence-corrected chi connectivity index (χ1v) is 13.9. The monoisotopic (exact) mass is 470 g/mol. The first kappa shape index (κ1) is 20.1. The van der Waals surface area contributed by atoms with Gasteiger partial charge in [0.15, 0.2) is 0 Å². The van der Waals surface area contributed by atoms with E-state index < -0.39 is 0 Å². The van der Waals surface area contributed by atoms with Crippen molar-refractivity contribution in [2.24, 2.45) is 0 Å². The molecule has 34 heavy (non-hydrogen) atoms. The van der Waals surface area contributed by atoms with Crippen molar-refractivity contribution in [3.05, 3.63) is 131 Å². The minimum absolute atomic E-state index is 0.765. The van der Waals surface area contributed by atoms with Crippen LogP contribution in [-0.2, 0) is 12.8 Å². The summed E-state index contributed by atoms with van der Waals surface area (Å²) in [6.07, 6.45) is 2.00. The summed E-state index contributed by atoms with van der Waals surface area (Å²) in [5.41, 5.74) is 5.76. The Bertz CT molecular complexity index is 1680. The minimum atomic E-state index is 0.765. The van der Waals surface area contributed by atoms with Crippen LogP contribution < -0.4 is 0 Å². The summed E-state index contributed by atoms with van der Waals surface area (Å²) in [5.74, 6) is 0. The number of rotatable bonds is 4. The predicted molar refractivity (Wildman–Crippen MR) is 154 cm³/mol. The van der Waals surface area contributed by atoms with Crippen LogP contribution in [0.3, 0.4) is 0 Å². The molecule has 0 aliphatic carbocycles. The smallest absolute Gasteiger partial charge is 0.00293 e. The van der Waals surface area contributed by atoms with E-state index in [1.165, 1.54) is 64.3 Å². The quantitative estimate of drug-likeness (QED) is 0.240. The van der Waals surface area contributed by atoms with Gasteiger partial charge in [-0.25, -0.2) is 0 Å². The van der Waals surface area contributed by atoms with E-state index in [0.29, 0.717) is 0 Å². The van der Waals surface area contributed by atoms with Crippen LogP contribution in [-0.4, -0.2) is 0 Å². The average Bonchev–Trinajstić information content (AvgIpc) is 3.44. The summed E-state index contributed by atoms with van der Waals surface area (Å²) in [6, 6.07) is 40.7. The Kier molecular flexibility index (Phi) is 4.83. The van der Waals surface area contributed by atoms with Crippen molar-refractivity contribution in [1.82, 2.24) is 0 Å². The summed E-state index contributed by atoms with van der Waals surface area (Å²) in [4.78, 5) is 0. The second-order valence-corrected chi connectivity index (χ2v) is 11.8. The van der Waals surface area contributed by atoms with E-state index in [0.717, 1.165) is 29.2 Å². The second kappa shape index (κ2) is 8.18. The van der Waals surface area contributed by atoms with Crippen LogP contribution >= 0.6 is 16.4 Å². The van der Waals surface area contributed by atoms with Gasteiger partial charge in [0.2, 0.25) is 0 Å². The largest absolute Gasteiger partial charge is 0.123 e. The van der Waals surface area contributed by atoms with Crippen molar-refractivity contribution in [3.63, 3.8) is 0 Å². The highest BCUT2D eigenvalue weighted by Crippen LogP contribution is 2.41. The molecule has 5 aromatic carbocycles. The molecule has 7 aromatic rings. The SMILES string of the molecule is c1cc(Cc2cccc3c2[pH]c2ccccc23)cc(Cc2cccc3c2[pH]c2ccccc23)c1. The molecule has 0 amide bonds. The highest BCUT2D eigenvalue weighted by molar-refractivity contribution is 7.44. The molecule has 0 nitrogen and oxygen atoms in total. The molecule has 0 aliphatic rings. The Morgan fingerprint density at radius 3 is 1.38 bits per heavy atom. The summed E-state index contributed by atoms with van der Waals surface area (Å²) in [5, 5.41) is 11.8. The Balaban J connectivity index is 1.25. The van der Waals surface area contributed by atoms with E-state index >= 15 is 0 Å². The van der Waals surface area contributed by atoms with Crippen molar-refractivity contribution in [2.45, 2.75) is 12.8 Å². The molecule has 2 atom stereocenters. The van der Waals surface area contributed by atoms with E-state index in [-0.39, 0.29) is 0 Å². The zero-order valence-corrected chi connectivity index (χ0v) is 20.8. The average molecular weight is 470 g/mol. The van der Waals surface area contributed by atoms with Crippen molar-refractivity contribution in [2.75, 3.05) is 0 Å². The Hall–Kier alpha value is -3.30. The van der Waals surface area contributed by atoms with Gasteiger partial charge in [-0.2, -0.15) is 0 Å². The summed E-state index contributed by atoms with van der Waals surface area (Å²) in [7, 11) is 1.53. The molecule has 0 saturated heterocycles. The molecule has 7 rings (SSSR count). The maximum absolute atomic E-state index is 2.43. The van der Waals surface area contributed by atoms with E-state index in [9.17, 15) is 0 Å². The molecule has 0 aliphatic heterocycles. The van der Waals surface area contributed by atoms with Gasteiger partial charge < -0.3 is 0 Å². The normalized spacial score (nSPS) is 12.2. The summed E-state index contributed by atoms with van der Waals surface area (Å²) >= 11 is 0. The Morgan fingerprint density at radius 2 is 0.853 bits per heavy atom. The van der Waals surface area contributed by atoms with Crippen LogP contribution in [0, 0.1) is 0 Å². The van der Waals surface area contributed by atoms with E-state index in [1.807, 2.05) is 0 Å². The van der Waals surface area contributed by atoms with Gasteiger partial charge in [0.25, 0.3) is 0 Å². The standard InChI is InChI=1S/C32H24P2/c1-3-16-29-25(12-1)27-14-6-10-23(31(27)33-29)19-21-8-5-9-22(18-21)20-24-11-7-15-28-26-13-2-4-17-30(26)34-32(24)28/h1-18,33-34H,19-20H2. The van der Waals surface area contributed by atoms with Gasteiger partial charge in [-0.3, -0.25) is 0 Å². The Morgan fingerprint density at radius 1 is 0.412 bits per heavy atom. The molecule has 0 bridgehead atoms. The van der Waals surface area contributed by atoms with Gasteiger partial charge in [-0.1, -0.05) is 109 Å². The van der Waals surface area contributed by atoms with Crippen LogP contribution in [0.2, 0.25) is 0 Å². The molecule has 162 valence electrons. The first-order valence-electron chi connectivity index (χ1n) is 11.9. The number of hydrogen-bond donors (Lipinski definition) is 0. The third-order valence-corrected chi connectivity index (χ3v) is 10.1. The van der Waals surface area contributed by atoms with Crippen molar-refractivity contribution in [3.8, 4) is 0 Å². The van der Waals surface area contributed by atoms with Crippen LogP contribution in [0.15, 0.2) is 109 Å². The maximum Gasteiger partial charge on any atom is 0.00293 e. The highest BCUT2D eigenvalue weighted by Gasteiger charge is 2.10. The lowest BCUT2D eigenvalue weighted by Crippen LogP contribution is -1.93. The molecule has 0 saturated carbocycles. The topological polar surface area (TPSA) is 0 Å². The lowest BCUT2D eigenvalue weighted by atomic mass is 9.98. The molecule has 0 radical (unpaired) electrons. The van der Waals surface area contributed by atoms with E-state index in [4.69, 9.17) is 0 Å². The molecule has 2 heteroatoms. The summed E-state index contributed by atoms with van der Waals surface area (Å²) in [6.45, 7) is 0. The second-order valence-electron chi connectivity index (χ2n) is 9.19. The molecule has 2 unspecified atom stereocenters. The summed E-state index contributed by atoms with van der Waals surface area (Å²) < 4.78 is 0. The van der Waals surface area contributed by atoms with Crippen LogP contribution in [0.5, 0.6) is 0 Å². The fourth-order valence-electron chi connectivity index (χ4n) is 5.45. The number of benzene rings is 5. The number of fused-ring (bicyclic) bond motifs is 6. The zero-order valence-electron chi connectivity index (χ0n) is 18.8. The predicted octanol–water partition coefficient (Wildman–Crippen LogP) is 9.54. The van der Waals surface area contributed by atoms with E-state index in [2.05, 4.69) is 109 Å². The van der Waals surface area contributed by atoms with Crippen molar-refractivity contribution >= 4 is 58.4 Å². The third-order valence-electron chi connectivity index (χ3n) is 7.04. The van der Waals surface area contributed by atoms with Gasteiger partial charge in [-0.15, -0.1) is 16.4 Å². The zero-order chi connectivity index (χ0) is 22.5. The first-order chi connectivity index (χ1) is 16.8. The van der Waals surface area contributed by atoms with Gasteiger partial charge in [0.05, 0.1) is 0 Å². The van der Waals surface area contributed by atoms with Crippen LogP contribution in [0.25, 0.3) is 42.0 Å². The lowest BCUT2D eigenvalue weighted by molar-refractivity contribution is 1.16. The molecule has 0 spiro atoms. The molecule has 2 aromatic heterocycles. The lowest BCUT2D eigenvalue weighted by Gasteiger charge is -2.08. The molecular formula is C32H24P2. The van der Waals surface area contributed by atoms with Crippen molar-refractivity contribution < 1.29 is 0 Å². The fraction of sp³-hybridized carbons (Fsp3) is 0.0625. The number of hydrogen-bond acceptors (Lipinski definition) is 0. The van der Waals surface area contributed by atoms with Crippen molar-refractivity contribution in [1.29, 1.82) is 0 Å². The van der Waals surface area contributed by atoms with Gasteiger partial charge in [0.1, 0.15) is 0 Å². The third kappa shape index (κ3) is 3.38. The maximum atomic E-state index is 2.43. The van der Waals surface area contributed by atoms with E-state index in [1.54, 1.807) is 0 Å². The molecular weight excluding hydrogens is 446 g/mol. The molecule has 0 N–H and O–H groups in total. The van der Waals surface area contributed by atoms with Crippen LogP contribution in [0.1, 0.15) is 22.3 Å². The molecule has 2 heterocycles. The highest BCUT2D eigenvalue weighted by atomic mass is 31.0. The van der Waals surface area contributed by atoms with Gasteiger partial charge in [-0.05, 0) is 66.9 Å². The minimum Gasteiger partial charge on any atom is -0.123 e. The van der Waals surface area contributed by atoms with Gasteiger partial charge >= 0.3 is 0 Å².